The summed E-state index contributed by atoms with van der Waals surface area (Å²) >= 11 is 6.15. The maximum Gasteiger partial charge on any atom is 0.238 e. The van der Waals surface area contributed by atoms with Gasteiger partial charge >= 0.3 is 0 Å². The molecule has 0 radical (unpaired) electrons. The molecule has 0 N–H and O–H groups in total. The highest BCUT2D eigenvalue weighted by atomic mass is 35.5. The molecule has 1 heterocycles. The van der Waals surface area contributed by atoms with E-state index in [1.807, 2.05) is 19.1 Å². The number of anilines is 1. The number of benzene rings is 1. The Morgan fingerprint density at radius 2 is 1.62 bits per heavy atom. The van der Waals surface area contributed by atoms with E-state index >= 15 is 0 Å². The second-order valence-corrected chi connectivity index (χ2v) is 6.69. The van der Waals surface area contributed by atoms with Crippen molar-refractivity contribution in [2.45, 2.75) is 19.8 Å². The molecule has 3 aliphatic carbocycles. The monoisotopic (exact) mass is 301 g/mol. The Balaban J connectivity index is 1.76. The highest BCUT2D eigenvalue weighted by molar-refractivity contribution is 6.32. The molecule has 4 heteroatoms. The summed E-state index contributed by atoms with van der Waals surface area (Å²) < 4.78 is 0. The second kappa shape index (κ2) is 4.44. The Morgan fingerprint density at radius 1 is 1.05 bits per heavy atom. The van der Waals surface area contributed by atoms with Gasteiger partial charge in [0.25, 0.3) is 0 Å². The number of amides is 2. The minimum atomic E-state index is -0.165. The molecule has 108 valence electrons. The summed E-state index contributed by atoms with van der Waals surface area (Å²) in [6.45, 7) is 1.91. The largest absolute Gasteiger partial charge is 0.274 e. The Labute approximate surface area is 128 Å². The Hall–Kier alpha value is -1.61. The molecular weight excluding hydrogens is 286 g/mol. The minimum absolute atomic E-state index is 0.0519. The van der Waals surface area contributed by atoms with Crippen molar-refractivity contribution in [3.63, 3.8) is 0 Å². The summed E-state index contributed by atoms with van der Waals surface area (Å²) in [5.74, 6) is 0.0142. The first-order valence-corrected chi connectivity index (χ1v) is 7.78. The lowest BCUT2D eigenvalue weighted by Gasteiger charge is -2.38. The molecule has 0 unspecified atom stereocenters. The number of carbonyl (C=O) groups is 2. The Kier molecular flexibility index (Phi) is 2.77. The molecule has 4 aliphatic rings. The van der Waals surface area contributed by atoms with Crippen LogP contribution in [-0.2, 0) is 9.59 Å². The average Bonchev–Trinajstić information content (AvgIpc) is 2.78. The van der Waals surface area contributed by atoms with Crippen molar-refractivity contribution in [2.24, 2.45) is 23.7 Å². The molecule has 2 amide bonds. The van der Waals surface area contributed by atoms with Crippen LogP contribution in [0, 0.1) is 30.6 Å². The molecule has 21 heavy (non-hydrogen) atoms. The molecule has 5 rings (SSSR count). The van der Waals surface area contributed by atoms with E-state index in [1.165, 1.54) is 4.90 Å². The number of hydrogen-bond donors (Lipinski definition) is 0. The van der Waals surface area contributed by atoms with Crippen molar-refractivity contribution in [1.82, 2.24) is 0 Å². The predicted molar refractivity (Wildman–Crippen MR) is 81.0 cm³/mol. The van der Waals surface area contributed by atoms with Crippen LogP contribution in [0.15, 0.2) is 30.4 Å². The number of hydrogen-bond acceptors (Lipinski definition) is 2. The van der Waals surface area contributed by atoms with Crippen LogP contribution < -0.4 is 4.90 Å². The van der Waals surface area contributed by atoms with E-state index in [4.69, 9.17) is 11.6 Å². The third-order valence-corrected chi connectivity index (χ3v) is 5.58. The summed E-state index contributed by atoms with van der Waals surface area (Å²) in [5, 5.41) is 0.587. The van der Waals surface area contributed by atoms with E-state index in [0.29, 0.717) is 10.7 Å². The van der Waals surface area contributed by atoms with Crippen LogP contribution in [0.25, 0.3) is 0 Å². The van der Waals surface area contributed by atoms with Gasteiger partial charge in [0.05, 0.1) is 17.5 Å². The van der Waals surface area contributed by atoms with Gasteiger partial charge in [-0.15, -0.1) is 0 Å². The maximum absolute atomic E-state index is 12.8. The van der Waals surface area contributed by atoms with Gasteiger partial charge in [0.15, 0.2) is 0 Å². The van der Waals surface area contributed by atoms with Crippen LogP contribution in [0.1, 0.15) is 18.4 Å². The van der Waals surface area contributed by atoms with Crippen molar-refractivity contribution < 1.29 is 9.59 Å². The number of imide groups is 1. The smallest absolute Gasteiger partial charge is 0.238 e. The normalized spacial score (nSPS) is 33.7. The van der Waals surface area contributed by atoms with Gasteiger partial charge in [0.1, 0.15) is 0 Å². The number of carbonyl (C=O) groups excluding carboxylic acids is 2. The number of fused-ring (bicyclic) bond motifs is 1. The number of halogens is 1. The quantitative estimate of drug-likeness (QED) is 0.589. The maximum atomic E-state index is 12.8. The topological polar surface area (TPSA) is 37.4 Å². The molecule has 1 saturated carbocycles. The molecule has 3 nitrogen and oxygen atoms in total. The van der Waals surface area contributed by atoms with Gasteiger partial charge in [0.2, 0.25) is 11.8 Å². The summed E-state index contributed by atoms with van der Waals surface area (Å²) in [6.07, 6.45) is 6.30. The first-order chi connectivity index (χ1) is 10.1. The molecule has 0 aromatic heterocycles. The summed E-state index contributed by atoms with van der Waals surface area (Å²) in [4.78, 5) is 26.9. The molecule has 0 spiro atoms. The van der Waals surface area contributed by atoms with E-state index in [0.717, 1.165) is 18.4 Å². The van der Waals surface area contributed by atoms with Crippen molar-refractivity contribution in [3.05, 3.63) is 40.9 Å². The fourth-order valence-corrected chi connectivity index (χ4v) is 4.22. The van der Waals surface area contributed by atoms with Gasteiger partial charge in [-0.2, -0.15) is 0 Å². The van der Waals surface area contributed by atoms with E-state index < -0.39 is 0 Å². The lowest BCUT2D eigenvalue weighted by atomic mass is 9.63. The number of allylic oxidation sites excluding steroid dienone is 2. The van der Waals surface area contributed by atoms with Crippen LogP contribution >= 0.6 is 11.6 Å². The molecule has 2 bridgehead atoms. The van der Waals surface area contributed by atoms with Crippen molar-refractivity contribution in [2.75, 3.05) is 4.90 Å². The summed E-state index contributed by atoms with van der Waals surface area (Å²) in [5.41, 5.74) is 1.55. The molecular formula is C17H16ClNO2. The van der Waals surface area contributed by atoms with Crippen molar-refractivity contribution >= 4 is 29.1 Å². The van der Waals surface area contributed by atoms with E-state index in [-0.39, 0.29) is 35.5 Å². The lowest BCUT2D eigenvalue weighted by Crippen LogP contribution is -2.38. The Morgan fingerprint density at radius 3 is 2.10 bits per heavy atom. The first kappa shape index (κ1) is 13.1. The third-order valence-electron chi connectivity index (χ3n) is 5.17. The van der Waals surface area contributed by atoms with E-state index in [2.05, 4.69) is 12.2 Å². The van der Waals surface area contributed by atoms with Crippen molar-refractivity contribution in [3.8, 4) is 0 Å². The van der Waals surface area contributed by atoms with E-state index in [9.17, 15) is 9.59 Å². The number of nitrogens with zero attached hydrogens (tertiary/aromatic N) is 1. The van der Waals surface area contributed by atoms with Crippen LogP contribution in [-0.4, -0.2) is 11.8 Å². The molecule has 1 aromatic carbocycles. The highest BCUT2D eigenvalue weighted by Crippen LogP contribution is 2.50. The fourth-order valence-electron chi connectivity index (χ4n) is 4.05. The Bertz CT molecular complexity index is 649. The van der Waals surface area contributed by atoms with E-state index in [1.54, 1.807) is 6.07 Å². The highest BCUT2D eigenvalue weighted by Gasteiger charge is 2.56. The standard InChI is InChI=1S/C17H16ClNO2/c1-9-2-7-12(8-13(9)18)19-16(20)14-10-3-4-11(6-5-10)15(14)17(19)21/h2-4,7-8,10-11,14-15H,5-6H2,1H3/t10-,11-,14+,15+/m1/s1. The van der Waals surface area contributed by atoms with Crippen LogP contribution in [0.5, 0.6) is 0 Å². The summed E-state index contributed by atoms with van der Waals surface area (Å²) in [7, 11) is 0. The van der Waals surface area contributed by atoms with Gasteiger partial charge in [-0.3, -0.25) is 9.59 Å². The van der Waals surface area contributed by atoms with Gasteiger partial charge in [-0.1, -0.05) is 29.8 Å². The first-order valence-electron chi connectivity index (χ1n) is 7.40. The lowest BCUT2D eigenvalue weighted by molar-refractivity contribution is -0.124. The zero-order valence-electron chi connectivity index (χ0n) is 11.8. The number of aryl methyl sites for hydroxylation is 1. The van der Waals surface area contributed by atoms with Crippen LogP contribution in [0.4, 0.5) is 5.69 Å². The second-order valence-electron chi connectivity index (χ2n) is 6.29. The molecule has 1 aliphatic heterocycles. The van der Waals surface area contributed by atoms with Gasteiger partial charge < -0.3 is 0 Å². The van der Waals surface area contributed by atoms with Crippen LogP contribution in [0.3, 0.4) is 0 Å². The molecule has 4 atom stereocenters. The molecule has 1 aromatic rings. The SMILES string of the molecule is Cc1ccc(N2C(=O)[C@@H]3[C@@H](C2=O)[C@@H]2C=C[C@@H]3CC2)cc1Cl. The van der Waals surface area contributed by atoms with Gasteiger partial charge in [0, 0.05) is 5.02 Å². The van der Waals surface area contributed by atoms with Gasteiger partial charge in [-0.05, 0) is 49.3 Å². The average molecular weight is 302 g/mol. The number of rotatable bonds is 1. The fraction of sp³-hybridized carbons (Fsp3) is 0.412. The third kappa shape index (κ3) is 1.73. The molecule has 2 fully saturated rings. The van der Waals surface area contributed by atoms with Crippen LogP contribution in [0.2, 0.25) is 5.02 Å². The van der Waals surface area contributed by atoms with Gasteiger partial charge in [-0.25, -0.2) is 4.90 Å². The zero-order valence-corrected chi connectivity index (χ0v) is 12.5. The zero-order chi connectivity index (χ0) is 14.7. The predicted octanol–water partition coefficient (Wildman–Crippen LogP) is 3.35. The molecule has 1 saturated heterocycles. The van der Waals surface area contributed by atoms with Crippen molar-refractivity contribution in [1.29, 1.82) is 0 Å². The summed E-state index contributed by atoms with van der Waals surface area (Å²) in [6, 6.07) is 5.39. The minimum Gasteiger partial charge on any atom is -0.274 e.